The van der Waals surface area contributed by atoms with Gasteiger partial charge >= 0.3 is 0 Å². The van der Waals surface area contributed by atoms with Crippen LogP contribution in [0.3, 0.4) is 0 Å². The number of hydrogen-bond donors (Lipinski definition) is 1. The summed E-state index contributed by atoms with van der Waals surface area (Å²) < 4.78 is 5.58. The van der Waals surface area contributed by atoms with Crippen molar-refractivity contribution >= 4 is 0 Å². The summed E-state index contributed by atoms with van der Waals surface area (Å²) in [5.74, 6) is 0.909. The van der Waals surface area contributed by atoms with E-state index in [1.54, 1.807) is 0 Å². The Morgan fingerprint density at radius 2 is 2.06 bits per heavy atom. The number of hydrogen-bond acceptors (Lipinski definition) is 4. The Morgan fingerprint density at radius 1 is 1.24 bits per heavy atom. The van der Waals surface area contributed by atoms with Crippen molar-refractivity contribution in [2.75, 3.05) is 6.61 Å². The first-order valence-corrected chi connectivity index (χ1v) is 6.55. The second-order valence-electron chi connectivity index (χ2n) is 5.00. The molecule has 92 valence electrons. The van der Waals surface area contributed by atoms with Crippen LogP contribution in [0.15, 0.2) is 12.4 Å². The van der Waals surface area contributed by atoms with Gasteiger partial charge in [-0.1, -0.05) is 0 Å². The van der Waals surface area contributed by atoms with Crippen molar-refractivity contribution in [1.82, 2.24) is 15.3 Å². The summed E-state index contributed by atoms with van der Waals surface area (Å²) in [6.07, 6.45) is 10.0. The molecule has 0 aromatic carbocycles. The van der Waals surface area contributed by atoms with Crippen molar-refractivity contribution in [2.24, 2.45) is 0 Å². The van der Waals surface area contributed by atoms with Crippen LogP contribution in [-0.2, 0) is 17.7 Å². The van der Waals surface area contributed by atoms with Crippen LogP contribution in [0.2, 0.25) is 0 Å². The molecule has 17 heavy (non-hydrogen) atoms. The molecular weight excluding hydrogens is 214 g/mol. The minimum Gasteiger partial charge on any atom is -0.378 e. The maximum atomic E-state index is 5.58. The Labute approximate surface area is 102 Å². The van der Waals surface area contributed by atoms with Gasteiger partial charge in [-0.2, -0.15) is 0 Å². The SMILES string of the molecule is c1nc(CC2CCCO2)ncc1CNC1CC1. The summed E-state index contributed by atoms with van der Waals surface area (Å²) in [6.45, 7) is 1.79. The Balaban J connectivity index is 1.51. The van der Waals surface area contributed by atoms with Crippen molar-refractivity contribution in [3.05, 3.63) is 23.8 Å². The number of ether oxygens (including phenoxy) is 1. The average Bonchev–Trinajstić information content (AvgIpc) is 3.05. The lowest BCUT2D eigenvalue weighted by atomic mass is 10.2. The lowest BCUT2D eigenvalue weighted by Gasteiger charge is -2.08. The zero-order valence-electron chi connectivity index (χ0n) is 10.1. The highest BCUT2D eigenvalue weighted by Crippen LogP contribution is 2.19. The fourth-order valence-corrected chi connectivity index (χ4v) is 2.14. The Hall–Kier alpha value is -1.00. The minimum atomic E-state index is 0.338. The van der Waals surface area contributed by atoms with Gasteiger partial charge < -0.3 is 10.1 Å². The van der Waals surface area contributed by atoms with Crippen LogP contribution >= 0.6 is 0 Å². The maximum absolute atomic E-state index is 5.58. The molecular formula is C13H19N3O. The molecule has 0 bridgehead atoms. The van der Waals surface area contributed by atoms with Gasteiger partial charge in [-0.15, -0.1) is 0 Å². The summed E-state index contributed by atoms with van der Waals surface area (Å²) in [7, 11) is 0. The third-order valence-electron chi connectivity index (χ3n) is 3.37. The first-order chi connectivity index (χ1) is 8.40. The van der Waals surface area contributed by atoms with Crippen LogP contribution in [0.5, 0.6) is 0 Å². The van der Waals surface area contributed by atoms with Gasteiger partial charge in [0.25, 0.3) is 0 Å². The van der Waals surface area contributed by atoms with Gasteiger partial charge in [-0.3, -0.25) is 0 Å². The first kappa shape index (κ1) is 11.1. The summed E-state index contributed by atoms with van der Waals surface area (Å²) in [6, 6.07) is 0.738. The molecule has 1 N–H and O–H groups in total. The summed E-state index contributed by atoms with van der Waals surface area (Å²) in [5.41, 5.74) is 1.17. The zero-order chi connectivity index (χ0) is 11.5. The van der Waals surface area contributed by atoms with Gasteiger partial charge in [0.15, 0.2) is 0 Å². The predicted molar refractivity (Wildman–Crippen MR) is 64.6 cm³/mol. The largest absolute Gasteiger partial charge is 0.378 e. The summed E-state index contributed by atoms with van der Waals surface area (Å²) in [4.78, 5) is 8.82. The molecule has 1 aromatic rings. The van der Waals surface area contributed by atoms with E-state index in [2.05, 4.69) is 15.3 Å². The van der Waals surface area contributed by atoms with Gasteiger partial charge in [0.2, 0.25) is 0 Å². The van der Waals surface area contributed by atoms with Crippen LogP contribution in [0.25, 0.3) is 0 Å². The minimum absolute atomic E-state index is 0.338. The molecule has 1 aliphatic heterocycles. The quantitative estimate of drug-likeness (QED) is 0.836. The van der Waals surface area contributed by atoms with Crippen molar-refractivity contribution in [2.45, 2.75) is 50.8 Å². The number of rotatable bonds is 5. The average molecular weight is 233 g/mol. The predicted octanol–water partition coefficient (Wildman–Crippen LogP) is 1.45. The molecule has 1 aromatic heterocycles. The van der Waals surface area contributed by atoms with Crippen LogP contribution in [0, 0.1) is 0 Å². The number of nitrogens with zero attached hydrogens (tertiary/aromatic N) is 2. The van der Waals surface area contributed by atoms with Gasteiger partial charge in [-0.05, 0) is 25.7 Å². The van der Waals surface area contributed by atoms with Crippen molar-refractivity contribution in [1.29, 1.82) is 0 Å². The van der Waals surface area contributed by atoms with E-state index in [1.165, 1.54) is 24.8 Å². The normalized spacial score (nSPS) is 24.1. The molecule has 3 rings (SSSR count). The van der Waals surface area contributed by atoms with E-state index in [1.807, 2.05) is 12.4 Å². The molecule has 4 heteroatoms. The van der Waals surface area contributed by atoms with Gasteiger partial charge in [0, 0.05) is 43.6 Å². The number of aromatic nitrogens is 2. The first-order valence-electron chi connectivity index (χ1n) is 6.55. The van der Waals surface area contributed by atoms with Crippen molar-refractivity contribution < 1.29 is 4.74 Å². The van der Waals surface area contributed by atoms with Gasteiger partial charge in [0.05, 0.1) is 6.10 Å². The molecule has 2 aliphatic rings. The smallest absolute Gasteiger partial charge is 0.130 e. The molecule has 0 amide bonds. The zero-order valence-corrected chi connectivity index (χ0v) is 10.1. The fraction of sp³-hybridized carbons (Fsp3) is 0.692. The molecule has 1 unspecified atom stereocenters. The van der Waals surface area contributed by atoms with Crippen LogP contribution < -0.4 is 5.32 Å². The van der Waals surface area contributed by atoms with Crippen molar-refractivity contribution in [3.63, 3.8) is 0 Å². The van der Waals surface area contributed by atoms with Crippen LogP contribution in [-0.4, -0.2) is 28.7 Å². The summed E-state index contributed by atoms with van der Waals surface area (Å²) >= 11 is 0. The second kappa shape index (κ2) is 5.10. The van der Waals surface area contributed by atoms with E-state index in [0.29, 0.717) is 6.10 Å². The topological polar surface area (TPSA) is 47.0 Å². The maximum Gasteiger partial charge on any atom is 0.130 e. The van der Waals surface area contributed by atoms with E-state index < -0.39 is 0 Å². The lowest BCUT2D eigenvalue weighted by molar-refractivity contribution is 0.110. The van der Waals surface area contributed by atoms with E-state index in [-0.39, 0.29) is 0 Å². The van der Waals surface area contributed by atoms with Crippen molar-refractivity contribution in [3.8, 4) is 0 Å². The Bertz CT molecular complexity index is 355. The van der Waals surface area contributed by atoms with E-state index in [9.17, 15) is 0 Å². The summed E-state index contributed by atoms with van der Waals surface area (Å²) in [5, 5.41) is 3.46. The second-order valence-corrected chi connectivity index (χ2v) is 5.00. The standard InChI is InChI=1S/C13H19N3O/c1-2-12(17-5-1)6-13-15-8-10(9-16-13)7-14-11-3-4-11/h8-9,11-12,14H,1-7H2. The molecule has 1 atom stereocenters. The van der Waals surface area contributed by atoms with E-state index in [0.717, 1.165) is 37.9 Å². The highest BCUT2D eigenvalue weighted by molar-refractivity contribution is 5.06. The monoisotopic (exact) mass is 233 g/mol. The highest BCUT2D eigenvalue weighted by Gasteiger charge is 2.20. The van der Waals surface area contributed by atoms with E-state index >= 15 is 0 Å². The van der Waals surface area contributed by atoms with Crippen LogP contribution in [0.4, 0.5) is 0 Å². The fourth-order valence-electron chi connectivity index (χ4n) is 2.14. The molecule has 1 aliphatic carbocycles. The molecule has 0 spiro atoms. The van der Waals surface area contributed by atoms with Gasteiger partial charge in [0.1, 0.15) is 5.82 Å². The third kappa shape index (κ3) is 3.23. The Morgan fingerprint density at radius 3 is 2.71 bits per heavy atom. The third-order valence-corrected chi connectivity index (χ3v) is 3.37. The molecule has 1 saturated carbocycles. The van der Waals surface area contributed by atoms with E-state index in [4.69, 9.17) is 4.74 Å². The molecule has 0 radical (unpaired) electrons. The highest BCUT2D eigenvalue weighted by atomic mass is 16.5. The number of nitrogens with one attached hydrogen (secondary N) is 1. The molecule has 2 heterocycles. The molecule has 4 nitrogen and oxygen atoms in total. The van der Waals surface area contributed by atoms with Gasteiger partial charge in [-0.25, -0.2) is 9.97 Å². The molecule has 2 fully saturated rings. The lowest BCUT2D eigenvalue weighted by Crippen LogP contribution is -2.16. The molecule has 1 saturated heterocycles. The van der Waals surface area contributed by atoms with Crippen LogP contribution in [0.1, 0.15) is 37.1 Å². The Kier molecular flexibility index (Phi) is 3.34.